The van der Waals surface area contributed by atoms with E-state index in [4.69, 9.17) is 16.3 Å². The van der Waals surface area contributed by atoms with Crippen LogP contribution in [0.15, 0.2) is 41.5 Å². The van der Waals surface area contributed by atoms with E-state index in [0.29, 0.717) is 18.4 Å². The Bertz CT molecular complexity index is 1110. The van der Waals surface area contributed by atoms with Crippen LogP contribution in [0.25, 0.3) is 0 Å². The number of halogens is 1. The fourth-order valence-corrected chi connectivity index (χ4v) is 4.85. The van der Waals surface area contributed by atoms with Gasteiger partial charge in [0.05, 0.1) is 22.6 Å². The lowest BCUT2D eigenvalue weighted by Gasteiger charge is -2.48. The lowest BCUT2D eigenvalue weighted by atomic mass is 9.69. The number of carbonyl (C=O) groups is 2. The molecule has 0 saturated carbocycles. The lowest BCUT2D eigenvalue weighted by Crippen LogP contribution is -2.58. The first kappa shape index (κ1) is 22.8. The molecule has 0 unspecified atom stereocenters. The average Bonchev–Trinajstić information content (AvgIpc) is 2.72. The number of hydrogen-bond donors (Lipinski definition) is 3. The van der Waals surface area contributed by atoms with Crippen LogP contribution >= 0.6 is 11.6 Å². The van der Waals surface area contributed by atoms with Gasteiger partial charge in [-0.25, -0.2) is 0 Å². The molecular weight excluding hydrogens is 432 g/mol. The van der Waals surface area contributed by atoms with Gasteiger partial charge in [-0.1, -0.05) is 24.3 Å². The highest BCUT2D eigenvalue weighted by molar-refractivity contribution is 6.30. The number of carbonyl (C=O) groups excluding carboxylic acids is 2. The molecule has 0 aromatic heterocycles. The number of rotatable bonds is 0. The minimum atomic E-state index is -1.62. The monoisotopic (exact) mass is 458 g/mol. The third kappa shape index (κ3) is 3.33. The van der Waals surface area contributed by atoms with Crippen LogP contribution in [-0.4, -0.2) is 49.6 Å². The molecule has 4 bridgehead atoms. The van der Waals surface area contributed by atoms with Crippen LogP contribution in [-0.2, 0) is 11.2 Å². The Morgan fingerprint density at radius 2 is 1.94 bits per heavy atom. The van der Waals surface area contributed by atoms with Gasteiger partial charge in [-0.3, -0.25) is 9.59 Å². The summed E-state index contributed by atoms with van der Waals surface area (Å²) in [6.45, 7) is 9.29. The molecule has 1 heterocycles. The summed E-state index contributed by atoms with van der Waals surface area (Å²) in [7, 11) is 0. The summed E-state index contributed by atoms with van der Waals surface area (Å²) in [4.78, 5) is 27.5. The maximum Gasteiger partial charge on any atom is 0.200 e. The second kappa shape index (κ2) is 7.58. The van der Waals surface area contributed by atoms with Crippen molar-refractivity contribution in [2.24, 2.45) is 0 Å². The smallest absolute Gasteiger partial charge is 0.200 e. The van der Waals surface area contributed by atoms with Crippen molar-refractivity contribution in [2.45, 2.75) is 69.1 Å². The highest BCUT2D eigenvalue weighted by atomic mass is 35.5. The number of allylic oxidation sites excluding steroid dienone is 1. The van der Waals surface area contributed by atoms with Gasteiger partial charge < -0.3 is 20.1 Å². The molecule has 170 valence electrons. The molecule has 32 heavy (non-hydrogen) atoms. The first-order valence-electron chi connectivity index (χ1n) is 10.6. The maximum absolute atomic E-state index is 13.8. The number of aliphatic hydroxyl groups excluding tert-OH is 1. The van der Waals surface area contributed by atoms with E-state index >= 15 is 0 Å². The minimum Gasteiger partial charge on any atom is -0.507 e. The van der Waals surface area contributed by atoms with E-state index in [1.165, 1.54) is 6.07 Å². The Hall–Kier alpha value is -2.41. The Morgan fingerprint density at radius 1 is 1.25 bits per heavy atom. The molecule has 0 radical (unpaired) electrons. The number of Topliss-reactive ketones (excluding diaryl/α,β-unsaturated/α-hetero) is 2. The quantitative estimate of drug-likeness (QED) is 0.398. The molecule has 5 aliphatic rings. The number of ketones is 2. The molecular formula is C25H27ClO6. The Morgan fingerprint density at radius 3 is 2.62 bits per heavy atom. The second-order valence-electron chi connectivity index (χ2n) is 9.46. The van der Waals surface area contributed by atoms with Crippen LogP contribution in [0.1, 0.15) is 66.3 Å². The van der Waals surface area contributed by atoms with Crippen molar-refractivity contribution in [1.29, 1.82) is 0 Å². The lowest BCUT2D eigenvalue weighted by molar-refractivity contribution is -0.103. The van der Waals surface area contributed by atoms with E-state index in [1.807, 2.05) is 13.0 Å². The first-order chi connectivity index (χ1) is 14.9. The van der Waals surface area contributed by atoms with Crippen molar-refractivity contribution in [3.63, 3.8) is 0 Å². The van der Waals surface area contributed by atoms with Crippen LogP contribution < -0.4 is 0 Å². The van der Waals surface area contributed by atoms with Crippen molar-refractivity contribution < 1.29 is 29.6 Å². The number of phenols is 2. The Kier molecular flexibility index (Phi) is 5.39. The van der Waals surface area contributed by atoms with Crippen molar-refractivity contribution in [3.8, 4) is 11.5 Å². The molecule has 4 aliphatic carbocycles. The average molecular weight is 459 g/mol. The van der Waals surface area contributed by atoms with Crippen molar-refractivity contribution in [3.05, 3.63) is 58.2 Å². The van der Waals surface area contributed by atoms with Crippen LogP contribution in [0, 0.1) is 0 Å². The molecule has 1 spiro atoms. The SMILES string of the molecule is C=C1Cc2c(O)cc3c(c2O)C(=O)C2=C[C@@H](Cl)C(C)(C)O[C@@]2(C/C=C(\C)CC[C@H]1O)C3=O. The van der Waals surface area contributed by atoms with E-state index in [0.717, 1.165) is 5.57 Å². The minimum absolute atomic E-state index is 0.0395. The van der Waals surface area contributed by atoms with Gasteiger partial charge in [0.25, 0.3) is 0 Å². The largest absolute Gasteiger partial charge is 0.507 e. The van der Waals surface area contributed by atoms with Crippen LogP contribution in [0.3, 0.4) is 0 Å². The maximum atomic E-state index is 13.8. The molecule has 3 atom stereocenters. The number of aliphatic hydroxyl groups is 1. The predicted molar refractivity (Wildman–Crippen MR) is 121 cm³/mol. The van der Waals surface area contributed by atoms with Crippen LogP contribution in [0.5, 0.6) is 11.5 Å². The first-order valence-corrected chi connectivity index (χ1v) is 11.1. The normalized spacial score (nSPS) is 31.6. The third-order valence-electron chi connectivity index (χ3n) is 6.74. The zero-order valence-electron chi connectivity index (χ0n) is 18.4. The van der Waals surface area contributed by atoms with Crippen molar-refractivity contribution in [2.75, 3.05) is 0 Å². The standard InChI is InChI=1S/C25H27ClO6/c1-12-5-6-17(27)13(2)9-14-18(28)10-15-20(21(14)29)22(30)16-11-19(26)24(3,4)32-25(16,8-7-12)23(15)31/h7,10-11,17,19,27-29H,2,5-6,8-9H2,1,3-4H3/b12-7+/t17-,19-,25-/m1/s1. The predicted octanol–water partition coefficient (Wildman–Crippen LogP) is 4.15. The molecule has 1 aromatic carbocycles. The highest BCUT2D eigenvalue weighted by Crippen LogP contribution is 2.50. The van der Waals surface area contributed by atoms with Gasteiger partial charge in [0, 0.05) is 29.5 Å². The van der Waals surface area contributed by atoms with E-state index in [1.54, 1.807) is 19.9 Å². The Balaban J connectivity index is 2.04. The fourth-order valence-electron chi connectivity index (χ4n) is 4.68. The molecule has 0 amide bonds. The highest BCUT2D eigenvalue weighted by Gasteiger charge is 2.57. The van der Waals surface area contributed by atoms with Gasteiger partial charge in [0.2, 0.25) is 5.78 Å². The van der Waals surface area contributed by atoms with E-state index in [9.17, 15) is 24.9 Å². The van der Waals surface area contributed by atoms with Gasteiger partial charge in [0.15, 0.2) is 11.4 Å². The number of hydrogen-bond acceptors (Lipinski definition) is 6. The molecule has 3 N–H and O–H groups in total. The summed E-state index contributed by atoms with van der Waals surface area (Å²) in [5.74, 6) is -1.89. The van der Waals surface area contributed by atoms with Crippen LogP contribution in [0.4, 0.5) is 0 Å². The molecule has 1 aliphatic heterocycles. The fraction of sp³-hybridized carbons (Fsp3) is 0.440. The summed E-state index contributed by atoms with van der Waals surface area (Å²) in [5, 5.41) is 31.4. The molecule has 1 aromatic rings. The van der Waals surface area contributed by atoms with Crippen LogP contribution in [0.2, 0.25) is 0 Å². The number of ether oxygens (including phenoxy) is 1. The number of fused-ring (bicyclic) bond motifs is 1. The second-order valence-corrected chi connectivity index (χ2v) is 9.93. The molecule has 7 heteroatoms. The van der Waals surface area contributed by atoms with Gasteiger partial charge in [0.1, 0.15) is 11.5 Å². The zero-order valence-corrected chi connectivity index (χ0v) is 19.1. The summed E-state index contributed by atoms with van der Waals surface area (Å²) in [6, 6.07) is 1.20. The van der Waals surface area contributed by atoms with E-state index in [-0.39, 0.29) is 40.9 Å². The number of phenolic OH excluding ortho intramolecular Hbond substituents is 2. The van der Waals surface area contributed by atoms with Gasteiger partial charge in [-0.05, 0) is 45.3 Å². The van der Waals surface area contributed by atoms with Gasteiger partial charge in [-0.2, -0.15) is 0 Å². The number of benzene rings is 1. The van der Waals surface area contributed by atoms with E-state index in [2.05, 4.69) is 6.58 Å². The topological polar surface area (TPSA) is 104 Å². The van der Waals surface area contributed by atoms with Crippen molar-refractivity contribution in [1.82, 2.24) is 0 Å². The van der Waals surface area contributed by atoms with Crippen molar-refractivity contribution >= 4 is 23.2 Å². The summed E-state index contributed by atoms with van der Waals surface area (Å²) in [6.07, 6.45) is 3.52. The van der Waals surface area contributed by atoms with E-state index < -0.39 is 40.0 Å². The zero-order chi connectivity index (χ0) is 23.6. The Labute approximate surface area is 191 Å². The third-order valence-corrected chi connectivity index (χ3v) is 7.39. The molecule has 0 fully saturated rings. The number of alkyl halides is 1. The number of aromatic hydroxyl groups is 2. The van der Waals surface area contributed by atoms with Gasteiger partial charge in [-0.15, -0.1) is 11.6 Å². The summed E-state index contributed by atoms with van der Waals surface area (Å²) < 4.78 is 6.29. The molecule has 6 rings (SSSR count). The summed E-state index contributed by atoms with van der Waals surface area (Å²) in [5.41, 5.74) is -1.36. The molecule has 0 saturated heterocycles. The molecule has 6 nitrogen and oxygen atoms in total. The van der Waals surface area contributed by atoms with Gasteiger partial charge >= 0.3 is 0 Å². The summed E-state index contributed by atoms with van der Waals surface area (Å²) >= 11 is 6.49.